The Balaban J connectivity index is 1.44. The molecule has 2 aliphatic heterocycles. The highest BCUT2D eigenvalue weighted by Crippen LogP contribution is 2.31. The lowest BCUT2D eigenvalue weighted by Crippen LogP contribution is -2.39. The van der Waals surface area contributed by atoms with Gasteiger partial charge in [0.25, 0.3) is 5.91 Å². The van der Waals surface area contributed by atoms with E-state index in [1.54, 1.807) is 25.5 Å². The number of urea groups is 1. The minimum absolute atomic E-state index is 0.0147. The maximum absolute atomic E-state index is 12.7. The van der Waals surface area contributed by atoms with Gasteiger partial charge in [-0.15, -0.1) is 0 Å². The summed E-state index contributed by atoms with van der Waals surface area (Å²) in [5.74, 6) is 0.872. The van der Waals surface area contributed by atoms with Gasteiger partial charge in [0.1, 0.15) is 5.82 Å². The molecule has 0 aliphatic carbocycles. The first-order valence-corrected chi connectivity index (χ1v) is 11.9. The van der Waals surface area contributed by atoms with Crippen molar-refractivity contribution in [1.29, 1.82) is 0 Å². The van der Waals surface area contributed by atoms with E-state index in [2.05, 4.69) is 41.1 Å². The molecule has 0 aromatic carbocycles. The minimum atomic E-state index is -0.458. The summed E-state index contributed by atoms with van der Waals surface area (Å²) in [6.07, 6.45) is 4.02. The first-order chi connectivity index (χ1) is 16.9. The standard InChI is InChI=1S/C22H28N8O4S/c1-12(2)24-19(31)13-5-7-23-10-15(13)25-20(32)29-22-26-14-6-8-30(11-16(14)35-22)17-9-18(33-3)28-21(27-17)34-4/h5,7,9,12,23H,6,8,10-11H2,1-4H3,(H,24,31)(H2,25,26,29,32). The first kappa shape index (κ1) is 24.3. The van der Waals surface area contributed by atoms with E-state index in [-0.39, 0.29) is 18.0 Å². The summed E-state index contributed by atoms with van der Waals surface area (Å²) < 4.78 is 10.4. The molecular formula is C22H28N8O4S. The van der Waals surface area contributed by atoms with Crippen LogP contribution in [0.25, 0.3) is 0 Å². The van der Waals surface area contributed by atoms with E-state index in [1.807, 2.05) is 13.8 Å². The number of fused-ring (bicyclic) bond motifs is 1. The van der Waals surface area contributed by atoms with Crippen LogP contribution in [0.1, 0.15) is 24.4 Å². The third-order valence-electron chi connectivity index (χ3n) is 5.24. The van der Waals surface area contributed by atoms with Gasteiger partial charge in [0.15, 0.2) is 5.13 Å². The van der Waals surface area contributed by atoms with Crippen molar-refractivity contribution < 1.29 is 19.1 Å². The van der Waals surface area contributed by atoms with Crippen molar-refractivity contribution in [2.24, 2.45) is 0 Å². The molecule has 0 bridgehead atoms. The average molecular weight is 501 g/mol. The van der Waals surface area contributed by atoms with Crippen molar-refractivity contribution in [3.63, 3.8) is 0 Å². The van der Waals surface area contributed by atoms with Gasteiger partial charge >= 0.3 is 12.0 Å². The molecule has 2 aromatic heterocycles. The predicted molar refractivity (Wildman–Crippen MR) is 132 cm³/mol. The van der Waals surface area contributed by atoms with Gasteiger partial charge in [0, 0.05) is 30.0 Å². The van der Waals surface area contributed by atoms with E-state index >= 15 is 0 Å². The molecule has 0 spiro atoms. The normalized spacial score (nSPS) is 14.8. The zero-order chi connectivity index (χ0) is 24.9. The lowest BCUT2D eigenvalue weighted by atomic mass is 10.1. The zero-order valence-corrected chi connectivity index (χ0v) is 20.8. The quantitative estimate of drug-likeness (QED) is 0.445. The number of carbonyl (C=O) groups is 2. The largest absolute Gasteiger partial charge is 0.481 e. The number of methoxy groups -OCH3 is 2. The van der Waals surface area contributed by atoms with Crippen molar-refractivity contribution in [2.75, 3.05) is 37.5 Å². The maximum Gasteiger partial charge on any atom is 0.325 e. The van der Waals surface area contributed by atoms with Crippen LogP contribution in [0.15, 0.2) is 29.6 Å². The molecule has 2 aliphatic rings. The van der Waals surface area contributed by atoms with Crippen molar-refractivity contribution in [3.8, 4) is 11.9 Å². The van der Waals surface area contributed by atoms with Crippen LogP contribution in [0.2, 0.25) is 0 Å². The van der Waals surface area contributed by atoms with Gasteiger partial charge in [0.05, 0.1) is 44.3 Å². The van der Waals surface area contributed by atoms with Crippen LogP contribution in [0, 0.1) is 0 Å². The molecule has 0 fully saturated rings. The Morgan fingerprint density at radius 2 is 2.00 bits per heavy atom. The van der Waals surface area contributed by atoms with Crippen LogP contribution in [-0.4, -0.2) is 60.2 Å². The van der Waals surface area contributed by atoms with E-state index < -0.39 is 6.03 Å². The zero-order valence-electron chi connectivity index (χ0n) is 20.0. The Morgan fingerprint density at radius 3 is 2.74 bits per heavy atom. The second-order valence-corrected chi connectivity index (χ2v) is 9.21. The molecule has 0 saturated heterocycles. The molecule has 0 radical (unpaired) electrons. The first-order valence-electron chi connectivity index (χ1n) is 11.1. The molecule has 4 rings (SSSR count). The molecule has 35 heavy (non-hydrogen) atoms. The summed E-state index contributed by atoms with van der Waals surface area (Å²) in [6, 6.07) is 1.52. The number of anilines is 2. The Kier molecular flexibility index (Phi) is 7.34. The molecule has 0 saturated carbocycles. The van der Waals surface area contributed by atoms with Crippen LogP contribution in [0.4, 0.5) is 15.7 Å². The predicted octanol–water partition coefficient (Wildman–Crippen LogP) is 1.53. The number of nitrogens with zero attached hydrogens (tertiary/aromatic N) is 4. The molecule has 186 valence electrons. The number of dihydropyridines is 1. The molecule has 4 heterocycles. The number of aromatic nitrogens is 3. The topological polar surface area (TPSA) is 143 Å². The van der Waals surface area contributed by atoms with Gasteiger partial charge in [-0.25, -0.2) is 9.78 Å². The van der Waals surface area contributed by atoms with Crippen molar-refractivity contribution in [1.82, 2.24) is 30.9 Å². The van der Waals surface area contributed by atoms with Crippen LogP contribution in [0.3, 0.4) is 0 Å². The maximum atomic E-state index is 12.7. The van der Waals surface area contributed by atoms with Crippen LogP contribution in [-0.2, 0) is 17.8 Å². The fraction of sp³-hybridized carbons (Fsp3) is 0.409. The van der Waals surface area contributed by atoms with E-state index in [4.69, 9.17) is 9.47 Å². The number of nitrogens with one attached hydrogen (secondary N) is 4. The monoisotopic (exact) mass is 500 g/mol. The van der Waals surface area contributed by atoms with Crippen LogP contribution < -0.4 is 35.6 Å². The smallest absolute Gasteiger partial charge is 0.325 e. The van der Waals surface area contributed by atoms with Gasteiger partial charge in [-0.3, -0.25) is 10.1 Å². The average Bonchev–Trinajstić information content (AvgIpc) is 3.24. The fourth-order valence-electron chi connectivity index (χ4n) is 3.62. The Bertz CT molecular complexity index is 1150. The second kappa shape index (κ2) is 10.6. The summed E-state index contributed by atoms with van der Waals surface area (Å²) in [5.41, 5.74) is 1.84. The number of amides is 3. The summed E-state index contributed by atoms with van der Waals surface area (Å²) in [7, 11) is 3.05. The van der Waals surface area contributed by atoms with E-state index in [0.29, 0.717) is 54.2 Å². The molecular weight excluding hydrogens is 472 g/mol. The summed E-state index contributed by atoms with van der Waals surface area (Å²) in [5, 5.41) is 11.9. The highest BCUT2D eigenvalue weighted by atomic mass is 32.1. The summed E-state index contributed by atoms with van der Waals surface area (Å²) >= 11 is 1.40. The molecule has 12 nitrogen and oxygen atoms in total. The Labute approximate surface area is 206 Å². The highest BCUT2D eigenvalue weighted by Gasteiger charge is 2.24. The molecule has 2 aromatic rings. The molecule has 3 amide bonds. The summed E-state index contributed by atoms with van der Waals surface area (Å²) in [4.78, 5) is 41.4. The van der Waals surface area contributed by atoms with Gasteiger partial charge in [-0.2, -0.15) is 9.97 Å². The number of hydrogen-bond acceptors (Lipinski definition) is 10. The van der Waals surface area contributed by atoms with Crippen LogP contribution >= 0.6 is 11.3 Å². The fourth-order valence-corrected chi connectivity index (χ4v) is 4.64. The van der Waals surface area contributed by atoms with Crippen molar-refractivity contribution in [3.05, 3.63) is 40.2 Å². The van der Waals surface area contributed by atoms with Crippen molar-refractivity contribution in [2.45, 2.75) is 32.9 Å². The van der Waals surface area contributed by atoms with Gasteiger partial charge in [0.2, 0.25) is 5.88 Å². The van der Waals surface area contributed by atoms with Crippen molar-refractivity contribution >= 4 is 34.2 Å². The lowest BCUT2D eigenvalue weighted by Gasteiger charge is -2.27. The Hall–Kier alpha value is -3.87. The van der Waals surface area contributed by atoms with Gasteiger partial charge in [-0.1, -0.05) is 11.3 Å². The highest BCUT2D eigenvalue weighted by molar-refractivity contribution is 7.15. The number of rotatable bonds is 7. The third kappa shape index (κ3) is 5.80. The lowest BCUT2D eigenvalue weighted by molar-refractivity contribution is -0.117. The number of ether oxygens (including phenoxy) is 2. The van der Waals surface area contributed by atoms with E-state index in [9.17, 15) is 9.59 Å². The number of hydrogen-bond donors (Lipinski definition) is 4. The summed E-state index contributed by atoms with van der Waals surface area (Å²) in [6.45, 7) is 5.38. The van der Waals surface area contributed by atoms with Crippen LogP contribution in [0.5, 0.6) is 11.9 Å². The molecule has 13 heteroatoms. The molecule has 4 N–H and O–H groups in total. The molecule has 0 unspecified atom stereocenters. The van der Waals surface area contributed by atoms with E-state index in [1.165, 1.54) is 18.4 Å². The SMILES string of the molecule is COc1cc(N2CCc3nc(NC(=O)NC4=C(C(=O)NC(C)C)C=CNC4)sc3C2)nc(OC)n1. The molecule has 0 atom stereocenters. The number of thiazole rings is 1. The van der Waals surface area contributed by atoms with E-state index in [0.717, 1.165) is 10.6 Å². The van der Waals surface area contributed by atoms with Gasteiger partial charge in [-0.05, 0) is 26.1 Å². The van der Waals surface area contributed by atoms with Gasteiger partial charge < -0.3 is 30.3 Å². The second-order valence-electron chi connectivity index (χ2n) is 8.13. The number of carbonyl (C=O) groups excluding carboxylic acids is 2. The third-order valence-corrected chi connectivity index (χ3v) is 6.23. The Morgan fingerprint density at radius 1 is 1.17 bits per heavy atom. The minimum Gasteiger partial charge on any atom is -0.481 e.